The minimum Gasteiger partial charge on any atom is -0.494 e. The predicted octanol–water partition coefficient (Wildman–Crippen LogP) is 3.21. The SMILES string of the molecule is CCOc1ccc(NC(C)c2nccs2)cc1CO. The van der Waals surface area contributed by atoms with E-state index >= 15 is 0 Å². The molecule has 4 nitrogen and oxygen atoms in total. The third-order valence-electron chi connectivity index (χ3n) is 2.74. The molecule has 1 unspecified atom stereocenters. The van der Waals surface area contributed by atoms with E-state index in [0.717, 1.165) is 22.0 Å². The molecule has 2 N–H and O–H groups in total. The van der Waals surface area contributed by atoms with Crippen LogP contribution in [-0.4, -0.2) is 16.7 Å². The molecular weight excluding hydrogens is 260 g/mol. The summed E-state index contributed by atoms with van der Waals surface area (Å²) in [7, 11) is 0. The molecule has 102 valence electrons. The maximum atomic E-state index is 9.37. The van der Waals surface area contributed by atoms with Crippen LogP contribution in [0.3, 0.4) is 0 Å². The van der Waals surface area contributed by atoms with Gasteiger partial charge < -0.3 is 15.2 Å². The van der Waals surface area contributed by atoms with Gasteiger partial charge in [-0.1, -0.05) is 0 Å². The highest BCUT2D eigenvalue weighted by atomic mass is 32.1. The summed E-state index contributed by atoms with van der Waals surface area (Å²) >= 11 is 1.62. The Kier molecular flexibility index (Phi) is 4.76. The van der Waals surface area contributed by atoms with Gasteiger partial charge in [0, 0.05) is 22.8 Å². The van der Waals surface area contributed by atoms with Crippen LogP contribution in [0.2, 0.25) is 0 Å². The Labute approximate surface area is 117 Å². The first kappa shape index (κ1) is 13.8. The topological polar surface area (TPSA) is 54.4 Å². The second kappa shape index (κ2) is 6.54. The van der Waals surface area contributed by atoms with E-state index in [1.807, 2.05) is 30.5 Å². The molecule has 0 spiro atoms. The van der Waals surface area contributed by atoms with Gasteiger partial charge in [0.1, 0.15) is 10.8 Å². The van der Waals surface area contributed by atoms with Gasteiger partial charge in [-0.2, -0.15) is 0 Å². The maximum absolute atomic E-state index is 9.37. The quantitative estimate of drug-likeness (QED) is 0.852. The molecule has 5 heteroatoms. The fourth-order valence-electron chi connectivity index (χ4n) is 1.85. The smallest absolute Gasteiger partial charge is 0.124 e. The average Bonchev–Trinajstić information content (AvgIpc) is 2.94. The molecule has 0 aliphatic carbocycles. The van der Waals surface area contributed by atoms with Crippen LogP contribution in [0.4, 0.5) is 5.69 Å². The van der Waals surface area contributed by atoms with Gasteiger partial charge in [-0.15, -0.1) is 11.3 Å². The summed E-state index contributed by atoms with van der Waals surface area (Å²) < 4.78 is 5.46. The molecular formula is C14H18N2O2S. The standard InChI is InChI=1S/C14H18N2O2S/c1-3-18-13-5-4-12(8-11(13)9-17)16-10(2)14-15-6-7-19-14/h4-8,10,16-17H,3,9H2,1-2H3. The lowest BCUT2D eigenvalue weighted by Gasteiger charge is -2.15. The minimum absolute atomic E-state index is 0.0313. The fourth-order valence-corrected chi connectivity index (χ4v) is 2.50. The normalized spacial score (nSPS) is 12.2. The van der Waals surface area contributed by atoms with E-state index in [-0.39, 0.29) is 12.6 Å². The summed E-state index contributed by atoms with van der Waals surface area (Å²) in [6, 6.07) is 5.89. The molecule has 1 atom stereocenters. The Bertz CT molecular complexity index is 514. The summed E-state index contributed by atoms with van der Waals surface area (Å²) in [5, 5.41) is 15.7. The molecule has 0 bridgehead atoms. The van der Waals surface area contributed by atoms with E-state index in [9.17, 15) is 5.11 Å². The Morgan fingerprint density at radius 1 is 1.47 bits per heavy atom. The number of aliphatic hydroxyl groups excluding tert-OH is 1. The Hall–Kier alpha value is -1.59. The third kappa shape index (κ3) is 3.45. The summed E-state index contributed by atoms with van der Waals surface area (Å²) in [4.78, 5) is 4.28. The van der Waals surface area contributed by atoms with Crippen LogP contribution in [0.15, 0.2) is 29.8 Å². The monoisotopic (exact) mass is 278 g/mol. The zero-order chi connectivity index (χ0) is 13.7. The van der Waals surface area contributed by atoms with E-state index in [0.29, 0.717) is 6.61 Å². The van der Waals surface area contributed by atoms with Gasteiger partial charge in [0.15, 0.2) is 0 Å². The lowest BCUT2D eigenvalue weighted by Crippen LogP contribution is -2.07. The number of ether oxygens (including phenoxy) is 1. The first-order chi connectivity index (χ1) is 9.24. The Morgan fingerprint density at radius 2 is 2.32 bits per heavy atom. The van der Waals surface area contributed by atoms with Crippen molar-refractivity contribution in [3.8, 4) is 5.75 Å². The Balaban J connectivity index is 2.12. The van der Waals surface area contributed by atoms with Gasteiger partial charge in [0.05, 0.1) is 19.3 Å². The number of aromatic nitrogens is 1. The van der Waals surface area contributed by atoms with Gasteiger partial charge in [-0.25, -0.2) is 4.98 Å². The van der Waals surface area contributed by atoms with Crippen molar-refractivity contribution < 1.29 is 9.84 Å². The molecule has 1 aromatic heterocycles. The van der Waals surface area contributed by atoms with Crippen LogP contribution in [0.25, 0.3) is 0 Å². The number of hydrogen-bond donors (Lipinski definition) is 2. The van der Waals surface area contributed by atoms with Crippen molar-refractivity contribution in [3.05, 3.63) is 40.3 Å². The molecule has 2 aromatic rings. The van der Waals surface area contributed by atoms with Crippen molar-refractivity contribution >= 4 is 17.0 Å². The van der Waals surface area contributed by atoms with E-state index < -0.39 is 0 Å². The zero-order valence-electron chi connectivity index (χ0n) is 11.1. The van der Waals surface area contributed by atoms with Crippen molar-refractivity contribution in [2.45, 2.75) is 26.5 Å². The van der Waals surface area contributed by atoms with Gasteiger partial charge in [0.25, 0.3) is 0 Å². The third-order valence-corrected chi connectivity index (χ3v) is 3.69. The lowest BCUT2D eigenvalue weighted by molar-refractivity contribution is 0.267. The molecule has 0 saturated heterocycles. The molecule has 0 saturated carbocycles. The number of anilines is 1. The number of hydrogen-bond acceptors (Lipinski definition) is 5. The molecule has 1 aromatic carbocycles. The molecule has 0 aliphatic rings. The second-order valence-electron chi connectivity index (χ2n) is 4.15. The average molecular weight is 278 g/mol. The summed E-state index contributed by atoms with van der Waals surface area (Å²) in [6.45, 7) is 4.55. The van der Waals surface area contributed by atoms with Crippen molar-refractivity contribution in [1.82, 2.24) is 4.98 Å². The van der Waals surface area contributed by atoms with Crippen LogP contribution in [0.1, 0.15) is 30.5 Å². The number of nitrogens with one attached hydrogen (secondary N) is 1. The zero-order valence-corrected chi connectivity index (χ0v) is 11.9. The lowest BCUT2D eigenvalue weighted by atomic mass is 10.1. The van der Waals surface area contributed by atoms with E-state index in [1.54, 1.807) is 17.5 Å². The molecule has 2 rings (SSSR count). The molecule has 0 aliphatic heterocycles. The molecule has 19 heavy (non-hydrogen) atoms. The first-order valence-corrected chi connectivity index (χ1v) is 7.15. The summed E-state index contributed by atoms with van der Waals surface area (Å²) in [5.41, 5.74) is 1.74. The number of benzene rings is 1. The highest BCUT2D eigenvalue weighted by Crippen LogP contribution is 2.26. The van der Waals surface area contributed by atoms with Crippen LogP contribution >= 0.6 is 11.3 Å². The van der Waals surface area contributed by atoms with Crippen molar-refractivity contribution in [3.63, 3.8) is 0 Å². The van der Waals surface area contributed by atoms with E-state index in [2.05, 4.69) is 17.2 Å². The Morgan fingerprint density at radius 3 is 2.95 bits per heavy atom. The second-order valence-corrected chi connectivity index (χ2v) is 5.08. The highest BCUT2D eigenvalue weighted by molar-refractivity contribution is 7.09. The van der Waals surface area contributed by atoms with Crippen LogP contribution in [0, 0.1) is 0 Å². The molecule has 0 radical (unpaired) electrons. The molecule has 1 heterocycles. The number of rotatable bonds is 6. The number of thiazole rings is 1. The first-order valence-electron chi connectivity index (χ1n) is 6.27. The minimum atomic E-state index is -0.0313. The van der Waals surface area contributed by atoms with Crippen LogP contribution in [0.5, 0.6) is 5.75 Å². The van der Waals surface area contributed by atoms with Gasteiger partial charge in [0.2, 0.25) is 0 Å². The number of aliphatic hydroxyl groups is 1. The van der Waals surface area contributed by atoms with E-state index in [1.165, 1.54) is 0 Å². The van der Waals surface area contributed by atoms with Crippen LogP contribution in [-0.2, 0) is 6.61 Å². The van der Waals surface area contributed by atoms with Crippen molar-refractivity contribution in [2.75, 3.05) is 11.9 Å². The van der Waals surface area contributed by atoms with Crippen LogP contribution < -0.4 is 10.1 Å². The molecule has 0 amide bonds. The van der Waals surface area contributed by atoms with Gasteiger partial charge in [-0.05, 0) is 32.0 Å². The fraction of sp³-hybridized carbons (Fsp3) is 0.357. The van der Waals surface area contributed by atoms with Gasteiger partial charge >= 0.3 is 0 Å². The summed E-state index contributed by atoms with van der Waals surface area (Å²) in [5.74, 6) is 0.734. The van der Waals surface area contributed by atoms with Crippen molar-refractivity contribution in [2.24, 2.45) is 0 Å². The van der Waals surface area contributed by atoms with Gasteiger partial charge in [-0.3, -0.25) is 0 Å². The van der Waals surface area contributed by atoms with Crippen molar-refractivity contribution in [1.29, 1.82) is 0 Å². The van der Waals surface area contributed by atoms with E-state index in [4.69, 9.17) is 4.74 Å². The molecule has 0 fully saturated rings. The summed E-state index contributed by atoms with van der Waals surface area (Å²) in [6.07, 6.45) is 1.80. The highest BCUT2D eigenvalue weighted by Gasteiger charge is 2.09. The predicted molar refractivity (Wildman–Crippen MR) is 77.7 cm³/mol. The largest absolute Gasteiger partial charge is 0.494 e. The maximum Gasteiger partial charge on any atom is 0.124 e. The number of nitrogens with zero attached hydrogens (tertiary/aromatic N) is 1.